The van der Waals surface area contributed by atoms with E-state index in [1.54, 1.807) is 0 Å². The number of rotatable bonds is 1. The summed E-state index contributed by atoms with van der Waals surface area (Å²) in [7, 11) is 0. The van der Waals surface area contributed by atoms with Crippen molar-refractivity contribution < 1.29 is 46.9 Å². The van der Waals surface area contributed by atoms with E-state index in [0.717, 1.165) is 6.08 Å². The molecule has 0 aliphatic carbocycles. The number of hydrogen-bond acceptors (Lipinski definition) is 1. The first-order chi connectivity index (χ1) is 1.91. The fourth-order valence-electron chi connectivity index (χ4n) is 0. The summed E-state index contributed by atoms with van der Waals surface area (Å²) >= 11 is 0. The molecule has 0 heterocycles. The molecule has 0 radical (unpaired) electrons. The molecular weight excluding hydrogens is 420 g/mol. The van der Waals surface area contributed by atoms with Gasteiger partial charge in [-0.25, -0.2) is 12.7 Å². The Labute approximate surface area is 65.7 Å². The Morgan fingerprint density at radius 3 is 1.67 bits per heavy atom. The molecule has 0 bridgehead atoms. The van der Waals surface area contributed by atoms with Gasteiger partial charge < -0.3 is 4.79 Å². The van der Waals surface area contributed by atoms with Gasteiger partial charge in [-0.2, -0.15) is 0 Å². The van der Waals surface area contributed by atoms with Crippen molar-refractivity contribution in [1.82, 2.24) is 0 Å². The van der Waals surface area contributed by atoms with Crippen LogP contribution in [0.2, 0.25) is 0 Å². The van der Waals surface area contributed by atoms with Crippen LogP contribution in [-0.4, -0.2) is 6.29 Å². The minimum atomic E-state index is 0. The molecule has 0 aromatic carbocycles. The van der Waals surface area contributed by atoms with Crippen molar-refractivity contribution in [2.75, 3.05) is 0 Å². The fourth-order valence-corrected chi connectivity index (χ4v) is 0. The van der Waals surface area contributed by atoms with Gasteiger partial charge in [0.1, 0.15) is 0 Å². The summed E-state index contributed by atoms with van der Waals surface area (Å²) in [5.41, 5.74) is 0. The zero-order valence-electron chi connectivity index (χ0n) is 3.01. The minimum Gasteiger partial charge on any atom is -0.419 e. The van der Waals surface area contributed by atoms with E-state index in [-0.39, 0.29) is 42.1 Å². The fraction of sp³-hybridized carbons (Fsp3) is 0. The van der Waals surface area contributed by atoms with Crippen molar-refractivity contribution in [1.29, 1.82) is 0 Å². The zero-order chi connectivity index (χ0) is 3.41. The maximum atomic E-state index is 8.93. The van der Waals surface area contributed by atoms with Gasteiger partial charge in [0.05, 0.1) is 0 Å². The molecular formula is C3H3OW2-. The Hall–Kier alpha value is 0.787. The Balaban J connectivity index is -0.0000000450. The van der Waals surface area contributed by atoms with Crippen molar-refractivity contribution in [3.63, 3.8) is 0 Å². The van der Waals surface area contributed by atoms with Gasteiger partial charge in [-0.3, -0.25) is 0 Å². The Morgan fingerprint density at radius 1 is 1.50 bits per heavy atom. The van der Waals surface area contributed by atoms with Gasteiger partial charge in [0.2, 0.25) is 0 Å². The maximum Gasteiger partial charge on any atom is 0 e. The first-order valence-corrected chi connectivity index (χ1v) is 0.901. The van der Waals surface area contributed by atoms with Gasteiger partial charge >= 0.3 is 0 Å². The predicted molar refractivity (Wildman–Crippen MR) is 15.9 cm³/mol. The van der Waals surface area contributed by atoms with Crippen molar-refractivity contribution in [2.24, 2.45) is 0 Å². The van der Waals surface area contributed by atoms with E-state index < -0.39 is 0 Å². The second-order valence-electron chi connectivity index (χ2n) is 0.322. The van der Waals surface area contributed by atoms with E-state index >= 15 is 0 Å². The topological polar surface area (TPSA) is 17.1 Å². The van der Waals surface area contributed by atoms with E-state index in [1.807, 2.05) is 0 Å². The molecule has 3 heteroatoms. The predicted octanol–water partition coefficient (Wildman–Crippen LogP) is 0.277. The van der Waals surface area contributed by atoms with Crippen LogP contribution in [0.4, 0.5) is 0 Å². The van der Waals surface area contributed by atoms with Crippen molar-refractivity contribution in [2.45, 2.75) is 0 Å². The van der Waals surface area contributed by atoms with Crippen LogP contribution in [0, 0.1) is 0 Å². The summed E-state index contributed by atoms with van der Waals surface area (Å²) in [6.45, 7) is 3.06. The third kappa shape index (κ3) is 21.5. The molecule has 0 fully saturated rings. The molecule has 0 saturated heterocycles. The summed E-state index contributed by atoms with van der Waals surface area (Å²) < 4.78 is 0. The molecule has 0 aliphatic rings. The summed E-state index contributed by atoms with van der Waals surface area (Å²) in [4.78, 5) is 8.93. The molecule has 0 amide bonds. The van der Waals surface area contributed by atoms with Crippen molar-refractivity contribution in [3.8, 4) is 0 Å². The maximum absolute atomic E-state index is 8.93. The van der Waals surface area contributed by atoms with Crippen LogP contribution < -0.4 is 0 Å². The summed E-state index contributed by atoms with van der Waals surface area (Å²) in [6, 6.07) is 0. The normalized spacial score (nSPS) is 3.33. The van der Waals surface area contributed by atoms with E-state index in [2.05, 4.69) is 6.58 Å². The quantitative estimate of drug-likeness (QED) is 0.438. The molecule has 0 spiro atoms. The molecule has 0 rings (SSSR count). The van der Waals surface area contributed by atoms with Gasteiger partial charge in [-0.1, -0.05) is 0 Å². The van der Waals surface area contributed by atoms with E-state index in [0.29, 0.717) is 0 Å². The molecule has 1 nitrogen and oxygen atoms in total. The van der Waals surface area contributed by atoms with Gasteiger partial charge in [-0.05, 0) is 6.29 Å². The molecule has 0 aromatic rings. The average molecular weight is 423 g/mol. The largest absolute Gasteiger partial charge is 0.419 e. The second-order valence-corrected chi connectivity index (χ2v) is 0.322. The summed E-state index contributed by atoms with van der Waals surface area (Å²) in [6.07, 6.45) is 2.51. The third-order valence-electron chi connectivity index (χ3n) is 0.0833. The molecule has 0 atom stereocenters. The van der Waals surface area contributed by atoms with Gasteiger partial charge in [-0.15, -0.1) is 0 Å². The molecule has 0 aliphatic heterocycles. The second kappa shape index (κ2) is 17.1. The Kier molecular flexibility index (Phi) is 45.1. The van der Waals surface area contributed by atoms with Crippen LogP contribution in [0.1, 0.15) is 0 Å². The Bertz CT molecular complexity index is 29.8. The zero-order valence-corrected chi connectivity index (χ0v) is 8.88. The number of carbonyl (C=O) groups excluding carboxylic acids is 1. The Morgan fingerprint density at radius 2 is 1.67 bits per heavy atom. The van der Waals surface area contributed by atoms with Crippen molar-refractivity contribution in [3.05, 3.63) is 12.7 Å². The van der Waals surface area contributed by atoms with E-state index in [9.17, 15) is 0 Å². The standard InChI is InChI=1S/C3H3O.2W/c1-2-3-4;;/h2H,1H2;;/q-1;;. The van der Waals surface area contributed by atoms with Crippen molar-refractivity contribution >= 4 is 6.29 Å². The van der Waals surface area contributed by atoms with E-state index in [1.165, 1.54) is 6.29 Å². The molecule has 6 heavy (non-hydrogen) atoms. The number of allylic oxidation sites excluding steroid dienone is 1. The van der Waals surface area contributed by atoms with Gasteiger partial charge in [0, 0.05) is 42.1 Å². The van der Waals surface area contributed by atoms with Crippen LogP contribution in [-0.2, 0) is 46.9 Å². The summed E-state index contributed by atoms with van der Waals surface area (Å²) in [5.74, 6) is 0. The average Bonchev–Trinajstić information content (AvgIpc) is 1.37. The molecule has 0 aromatic heterocycles. The SMILES string of the molecule is C=C[C-]=O.[W].[W]. The van der Waals surface area contributed by atoms with Crippen LogP contribution in [0.3, 0.4) is 0 Å². The number of hydrogen-bond donors (Lipinski definition) is 0. The van der Waals surface area contributed by atoms with Gasteiger partial charge in [0.25, 0.3) is 0 Å². The first-order valence-electron chi connectivity index (χ1n) is 0.901. The summed E-state index contributed by atoms with van der Waals surface area (Å²) in [5, 5.41) is 0. The molecule has 0 unspecified atom stereocenters. The van der Waals surface area contributed by atoms with Crippen LogP contribution in [0.5, 0.6) is 0 Å². The molecule has 0 saturated carbocycles. The first kappa shape index (κ1) is 15.8. The molecule has 0 N–H and O–H groups in total. The van der Waals surface area contributed by atoms with Crippen LogP contribution in [0.25, 0.3) is 0 Å². The third-order valence-corrected chi connectivity index (χ3v) is 0.0833. The smallest absolute Gasteiger partial charge is 0 e. The monoisotopic (exact) mass is 423 g/mol. The minimum absolute atomic E-state index is 0. The molecule has 34 valence electrons. The van der Waals surface area contributed by atoms with E-state index in [4.69, 9.17) is 4.79 Å². The van der Waals surface area contributed by atoms with Crippen LogP contribution >= 0.6 is 0 Å². The van der Waals surface area contributed by atoms with Gasteiger partial charge in [0.15, 0.2) is 0 Å². The van der Waals surface area contributed by atoms with Crippen LogP contribution in [0.15, 0.2) is 12.7 Å².